The van der Waals surface area contributed by atoms with Gasteiger partial charge in [0.25, 0.3) is 0 Å². The first kappa shape index (κ1) is 11.9. The second kappa shape index (κ2) is 4.20. The van der Waals surface area contributed by atoms with Crippen LogP contribution in [0, 0.1) is 0 Å². The van der Waals surface area contributed by atoms with Gasteiger partial charge in [-0.05, 0) is 36.4 Å². The molecule has 0 aliphatic heterocycles. The highest BCUT2D eigenvalue weighted by atomic mass is 32.2. The molecule has 0 radical (unpaired) electrons. The Balaban J connectivity index is 2.07. The van der Waals surface area contributed by atoms with Crippen molar-refractivity contribution in [2.24, 2.45) is 0 Å². The predicted molar refractivity (Wildman–Crippen MR) is 74.6 cm³/mol. The standard InChI is InChI=1S/C14H12N2O2S/c1-19(17,18)11-8-6-10(7-9-11)14-15-12-4-2-3-5-13(12)16-14/h2-9H,1H3,(H,15,16). The minimum atomic E-state index is -3.16. The molecule has 3 rings (SSSR count). The Bertz CT molecular complexity index is 800. The van der Waals surface area contributed by atoms with Crippen molar-refractivity contribution < 1.29 is 8.42 Å². The van der Waals surface area contributed by atoms with Crippen LogP contribution in [0.25, 0.3) is 22.4 Å². The first-order chi connectivity index (χ1) is 9.04. The molecule has 3 aromatic rings. The van der Waals surface area contributed by atoms with Crippen molar-refractivity contribution in [1.29, 1.82) is 0 Å². The lowest BCUT2D eigenvalue weighted by Gasteiger charge is -1.99. The van der Waals surface area contributed by atoms with Crippen LogP contribution in [-0.2, 0) is 9.84 Å². The van der Waals surface area contributed by atoms with Gasteiger partial charge in [-0.3, -0.25) is 0 Å². The summed E-state index contributed by atoms with van der Waals surface area (Å²) in [4.78, 5) is 7.99. The number of hydrogen-bond donors (Lipinski definition) is 1. The van der Waals surface area contributed by atoms with Gasteiger partial charge in [0.05, 0.1) is 15.9 Å². The SMILES string of the molecule is CS(=O)(=O)c1ccc(-c2nc3ccccc3[nH]2)cc1. The lowest BCUT2D eigenvalue weighted by atomic mass is 10.2. The van der Waals surface area contributed by atoms with Gasteiger partial charge in [0.2, 0.25) is 0 Å². The molecule has 0 spiro atoms. The number of fused-ring (bicyclic) bond motifs is 1. The third-order valence-electron chi connectivity index (χ3n) is 2.95. The summed E-state index contributed by atoms with van der Waals surface area (Å²) in [7, 11) is -3.16. The van der Waals surface area contributed by atoms with Crippen LogP contribution < -0.4 is 0 Å². The van der Waals surface area contributed by atoms with Crippen molar-refractivity contribution in [2.75, 3.05) is 6.26 Å². The number of rotatable bonds is 2. The Labute approximate surface area is 111 Å². The van der Waals surface area contributed by atoms with Crippen molar-refractivity contribution in [3.8, 4) is 11.4 Å². The molecule has 1 heterocycles. The lowest BCUT2D eigenvalue weighted by Crippen LogP contribution is -1.96. The Kier molecular flexibility index (Phi) is 2.64. The molecule has 0 atom stereocenters. The van der Waals surface area contributed by atoms with Gasteiger partial charge in [0.15, 0.2) is 9.84 Å². The number of sulfone groups is 1. The van der Waals surface area contributed by atoms with Crippen LogP contribution in [0.5, 0.6) is 0 Å². The monoisotopic (exact) mass is 272 g/mol. The number of nitrogens with one attached hydrogen (secondary N) is 1. The number of aromatic nitrogens is 2. The second-order valence-corrected chi connectivity index (χ2v) is 6.41. The zero-order valence-electron chi connectivity index (χ0n) is 10.3. The molecule has 5 heteroatoms. The van der Waals surface area contributed by atoms with Gasteiger partial charge >= 0.3 is 0 Å². The van der Waals surface area contributed by atoms with E-state index in [4.69, 9.17) is 0 Å². The number of benzene rings is 2. The Hall–Kier alpha value is -2.14. The highest BCUT2D eigenvalue weighted by molar-refractivity contribution is 7.90. The van der Waals surface area contributed by atoms with Crippen molar-refractivity contribution in [2.45, 2.75) is 4.90 Å². The maximum absolute atomic E-state index is 11.4. The molecular weight excluding hydrogens is 260 g/mol. The number of nitrogens with zero attached hydrogens (tertiary/aromatic N) is 1. The summed E-state index contributed by atoms with van der Waals surface area (Å²) in [5.41, 5.74) is 2.72. The maximum atomic E-state index is 11.4. The van der Waals surface area contributed by atoms with E-state index < -0.39 is 9.84 Å². The van der Waals surface area contributed by atoms with Gasteiger partial charge < -0.3 is 4.98 Å². The van der Waals surface area contributed by atoms with E-state index >= 15 is 0 Å². The molecular formula is C14H12N2O2S. The normalized spacial score (nSPS) is 11.8. The Morgan fingerprint density at radius 2 is 1.68 bits per heavy atom. The van der Waals surface area contributed by atoms with Crippen molar-refractivity contribution in [1.82, 2.24) is 9.97 Å². The average Bonchev–Trinajstić information content (AvgIpc) is 2.81. The molecule has 0 amide bonds. The first-order valence-electron chi connectivity index (χ1n) is 5.79. The molecule has 0 aliphatic carbocycles. The highest BCUT2D eigenvalue weighted by Crippen LogP contribution is 2.21. The summed E-state index contributed by atoms with van der Waals surface area (Å²) in [5, 5.41) is 0. The van der Waals surface area contributed by atoms with Gasteiger partial charge in [-0.15, -0.1) is 0 Å². The first-order valence-corrected chi connectivity index (χ1v) is 7.68. The fourth-order valence-electron chi connectivity index (χ4n) is 1.95. The maximum Gasteiger partial charge on any atom is 0.175 e. The summed E-state index contributed by atoms with van der Waals surface area (Å²) in [6, 6.07) is 14.5. The molecule has 1 aromatic heterocycles. The van der Waals surface area contributed by atoms with Gasteiger partial charge in [-0.2, -0.15) is 0 Å². The third kappa shape index (κ3) is 2.24. The van der Waals surface area contributed by atoms with Gasteiger partial charge in [0, 0.05) is 11.8 Å². The predicted octanol–water partition coefficient (Wildman–Crippen LogP) is 2.63. The zero-order valence-corrected chi connectivity index (χ0v) is 11.1. The van der Waals surface area contributed by atoms with Crippen LogP contribution >= 0.6 is 0 Å². The molecule has 0 fully saturated rings. The molecule has 2 aromatic carbocycles. The quantitative estimate of drug-likeness (QED) is 0.780. The molecule has 0 aliphatic rings. The molecule has 0 saturated heterocycles. The average molecular weight is 272 g/mol. The molecule has 0 saturated carbocycles. The largest absolute Gasteiger partial charge is 0.338 e. The van der Waals surface area contributed by atoms with Crippen molar-refractivity contribution in [3.63, 3.8) is 0 Å². The number of imidazole rings is 1. The van der Waals surface area contributed by atoms with E-state index in [1.165, 1.54) is 6.26 Å². The number of aromatic amines is 1. The van der Waals surface area contributed by atoms with Gasteiger partial charge in [0.1, 0.15) is 5.82 Å². The molecule has 4 nitrogen and oxygen atoms in total. The lowest BCUT2D eigenvalue weighted by molar-refractivity contribution is 0.602. The summed E-state index contributed by atoms with van der Waals surface area (Å²) in [6.45, 7) is 0. The third-order valence-corrected chi connectivity index (χ3v) is 4.07. The van der Waals surface area contributed by atoms with Crippen LogP contribution in [0.15, 0.2) is 53.4 Å². The summed E-state index contributed by atoms with van der Waals surface area (Å²) in [5.74, 6) is 0.737. The van der Waals surface area contributed by atoms with E-state index in [1.54, 1.807) is 24.3 Å². The minimum Gasteiger partial charge on any atom is -0.338 e. The Morgan fingerprint density at radius 1 is 1.00 bits per heavy atom. The fraction of sp³-hybridized carbons (Fsp3) is 0.0714. The van der Waals surface area contributed by atoms with Crippen molar-refractivity contribution in [3.05, 3.63) is 48.5 Å². The minimum absolute atomic E-state index is 0.312. The smallest absolute Gasteiger partial charge is 0.175 e. The second-order valence-electron chi connectivity index (χ2n) is 4.40. The molecule has 0 bridgehead atoms. The van der Waals surface area contributed by atoms with Crippen LogP contribution in [0.2, 0.25) is 0 Å². The van der Waals surface area contributed by atoms with E-state index in [1.807, 2.05) is 24.3 Å². The fourth-order valence-corrected chi connectivity index (χ4v) is 2.58. The molecule has 19 heavy (non-hydrogen) atoms. The summed E-state index contributed by atoms with van der Waals surface area (Å²) in [6.07, 6.45) is 1.20. The van der Waals surface area contributed by atoms with Crippen molar-refractivity contribution >= 4 is 20.9 Å². The van der Waals surface area contributed by atoms with Gasteiger partial charge in [-0.25, -0.2) is 13.4 Å². The summed E-state index contributed by atoms with van der Waals surface area (Å²) >= 11 is 0. The number of hydrogen-bond acceptors (Lipinski definition) is 3. The van der Waals surface area contributed by atoms with Crippen LogP contribution in [0.3, 0.4) is 0 Å². The zero-order chi connectivity index (χ0) is 13.5. The molecule has 1 N–H and O–H groups in total. The van der Waals surface area contributed by atoms with E-state index in [-0.39, 0.29) is 0 Å². The molecule has 0 unspecified atom stereocenters. The van der Waals surface area contributed by atoms with E-state index in [0.29, 0.717) is 4.90 Å². The van der Waals surface area contributed by atoms with Crippen LogP contribution in [0.4, 0.5) is 0 Å². The number of para-hydroxylation sites is 2. The highest BCUT2D eigenvalue weighted by Gasteiger charge is 2.08. The topological polar surface area (TPSA) is 62.8 Å². The molecule has 96 valence electrons. The van der Waals surface area contributed by atoms with E-state index in [9.17, 15) is 8.42 Å². The van der Waals surface area contributed by atoms with E-state index in [0.717, 1.165) is 22.4 Å². The van der Waals surface area contributed by atoms with Crippen LogP contribution in [0.1, 0.15) is 0 Å². The van der Waals surface area contributed by atoms with Gasteiger partial charge in [-0.1, -0.05) is 12.1 Å². The Morgan fingerprint density at radius 3 is 2.32 bits per heavy atom. The van der Waals surface area contributed by atoms with Crippen LogP contribution in [-0.4, -0.2) is 24.6 Å². The number of H-pyrrole nitrogens is 1. The summed E-state index contributed by atoms with van der Waals surface area (Å²) < 4.78 is 22.8. The van der Waals surface area contributed by atoms with E-state index in [2.05, 4.69) is 9.97 Å².